The fourth-order valence-corrected chi connectivity index (χ4v) is 5.62. The SMILES string of the molecule is CCc1nn(-c2ccccc2)c2c1CN(C(=O)Nc1cc(C)ccc1OC)C(c1cccc(OC)c1)c1cccn1-2. The van der Waals surface area contributed by atoms with Gasteiger partial charge in [0.05, 0.1) is 49.6 Å². The Bertz CT molecular complexity index is 1710. The van der Waals surface area contributed by atoms with Crippen LogP contribution < -0.4 is 14.8 Å². The summed E-state index contributed by atoms with van der Waals surface area (Å²) in [5.41, 5.74) is 6.45. The predicted octanol–water partition coefficient (Wildman–Crippen LogP) is 6.69. The smallest absolute Gasteiger partial charge is 0.323 e. The highest BCUT2D eigenvalue weighted by Crippen LogP contribution is 2.40. The number of aromatic nitrogens is 3. The van der Waals surface area contributed by atoms with Crippen LogP contribution in [0.15, 0.2) is 91.1 Å². The van der Waals surface area contributed by atoms with E-state index in [9.17, 15) is 4.79 Å². The molecule has 208 valence electrons. The quantitative estimate of drug-likeness (QED) is 0.257. The fraction of sp³-hybridized carbons (Fsp3) is 0.212. The lowest BCUT2D eigenvalue weighted by molar-refractivity contribution is 0.194. The number of nitrogens with zero attached hydrogens (tertiary/aromatic N) is 4. The summed E-state index contributed by atoms with van der Waals surface area (Å²) in [7, 11) is 3.26. The summed E-state index contributed by atoms with van der Waals surface area (Å²) in [6.07, 6.45) is 2.77. The lowest BCUT2D eigenvalue weighted by Gasteiger charge is -2.31. The zero-order valence-corrected chi connectivity index (χ0v) is 23.7. The van der Waals surface area contributed by atoms with Crippen molar-refractivity contribution in [2.45, 2.75) is 32.9 Å². The van der Waals surface area contributed by atoms with Crippen molar-refractivity contribution in [3.8, 4) is 23.0 Å². The molecule has 3 heterocycles. The fourth-order valence-electron chi connectivity index (χ4n) is 5.62. The summed E-state index contributed by atoms with van der Waals surface area (Å²) >= 11 is 0. The normalized spacial score (nSPS) is 14.1. The Morgan fingerprint density at radius 3 is 2.56 bits per heavy atom. The van der Waals surface area contributed by atoms with Gasteiger partial charge in [-0.3, -0.25) is 0 Å². The molecule has 0 saturated carbocycles. The molecule has 6 rings (SSSR count). The highest BCUT2D eigenvalue weighted by molar-refractivity contribution is 5.92. The molecule has 8 heteroatoms. The molecule has 2 amide bonds. The average molecular weight is 548 g/mol. The van der Waals surface area contributed by atoms with Gasteiger partial charge in [-0.15, -0.1) is 0 Å². The van der Waals surface area contributed by atoms with E-state index < -0.39 is 6.04 Å². The minimum Gasteiger partial charge on any atom is -0.497 e. The van der Waals surface area contributed by atoms with Gasteiger partial charge in [0.25, 0.3) is 0 Å². The number of rotatable bonds is 6. The van der Waals surface area contributed by atoms with Crippen LogP contribution in [-0.4, -0.2) is 39.5 Å². The first-order valence-electron chi connectivity index (χ1n) is 13.7. The molecule has 0 aliphatic carbocycles. The van der Waals surface area contributed by atoms with Crippen LogP contribution in [0.5, 0.6) is 11.5 Å². The number of para-hydroxylation sites is 1. The van der Waals surface area contributed by atoms with E-state index in [-0.39, 0.29) is 6.03 Å². The van der Waals surface area contributed by atoms with Crippen LogP contribution in [0, 0.1) is 6.92 Å². The van der Waals surface area contributed by atoms with Crippen molar-refractivity contribution in [2.75, 3.05) is 19.5 Å². The van der Waals surface area contributed by atoms with Crippen LogP contribution in [0.25, 0.3) is 11.5 Å². The van der Waals surface area contributed by atoms with Gasteiger partial charge in [0.2, 0.25) is 0 Å². The van der Waals surface area contributed by atoms with Crippen molar-refractivity contribution in [1.29, 1.82) is 0 Å². The van der Waals surface area contributed by atoms with Gasteiger partial charge in [-0.25, -0.2) is 9.48 Å². The van der Waals surface area contributed by atoms with Gasteiger partial charge in [-0.05, 0) is 73.0 Å². The third kappa shape index (κ3) is 4.71. The Morgan fingerprint density at radius 1 is 0.976 bits per heavy atom. The number of anilines is 1. The van der Waals surface area contributed by atoms with Gasteiger partial charge in [0.1, 0.15) is 17.3 Å². The largest absolute Gasteiger partial charge is 0.497 e. The topological polar surface area (TPSA) is 73.6 Å². The second kappa shape index (κ2) is 10.9. The molecule has 1 N–H and O–H groups in total. The molecule has 0 spiro atoms. The first-order chi connectivity index (χ1) is 20.0. The van der Waals surface area contributed by atoms with Crippen molar-refractivity contribution in [3.05, 3.63) is 119 Å². The molecule has 8 nitrogen and oxygen atoms in total. The predicted molar refractivity (Wildman–Crippen MR) is 159 cm³/mol. The molecule has 1 unspecified atom stereocenters. The third-order valence-corrected chi connectivity index (χ3v) is 7.57. The first-order valence-corrected chi connectivity index (χ1v) is 13.7. The van der Waals surface area contributed by atoms with Crippen LogP contribution in [0.1, 0.15) is 41.0 Å². The standard InChI is InChI=1S/C33H33N5O3/c1-5-27-26-21-37(33(39)34-28-19-22(2)16-17-30(28)41-4)31(23-11-9-14-25(20-23)40-3)29-15-10-18-36(29)32(26)38(35-27)24-12-7-6-8-13-24/h6-20,31H,5,21H2,1-4H3,(H,34,39). The number of hydrogen-bond donors (Lipinski definition) is 1. The highest BCUT2D eigenvalue weighted by atomic mass is 16.5. The molecular weight excluding hydrogens is 514 g/mol. The molecule has 0 radical (unpaired) electrons. The van der Waals surface area contributed by atoms with Gasteiger partial charge in [0, 0.05) is 11.8 Å². The van der Waals surface area contributed by atoms with Gasteiger partial charge in [-0.1, -0.05) is 43.3 Å². The molecule has 5 aromatic rings. The molecule has 2 aromatic heterocycles. The van der Waals surface area contributed by atoms with Gasteiger partial charge in [-0.2, -0.15) is 5.10 Å². The maximum absolute atomic E-state index is 14.3. The Morgan fingerprint density at radius 2 is 1.80 bits per heavy atom. The lowest BCUT2D eigenvalue weighted by Crippen LogP contribution is -2.38. The van der Waals surface area contributed by atoms with Crippen LogP contribution >= 0.6 is 0 Å². The van der Waals surface area contributed by atoms with Crippen LogP contribution in [0.4, 0.5) is 10.5 Å². The number of nitrogens with one attached hydrogen (secondary N) is 1. The van der Waals surface area contributed by atoms with Gasteiger partial charge >= 0.3 is 6.03 Å². The molecular formula is C33H33N5O3. The number of methoxy groups -OCH3 is 2. The number of amides is 2. The van der Waals surface area contributed by atoms with E-state index in [2.05, 4.69) is 35.0 Å². The van der Waals surface area contributed by atoms with E-state index >= 15 is 0 Å². The van der Waals surface area contributed by atoms with Crippen molar-refractivity contribution in [1.82, 2.24) is 19.2 Å². The molecule has 0 saturated heterocycles. The van der Waals surface area contributed by atoms with Crippen LogP contribution in [0.3, 0.4) is 0 Å². The minimum absolute atomic E-state index is 0.239. The van der Waals surface area contributed by atoms with E-state index in [4.69, 9.17) is 14.6 Å². The number of ether oxygens (including phenoxy) is 2. The average Bonchev–Trinajstić information content (AvgIpc) is 3.58. The Hall–Kier alpha value is -4.98. The van der Waals surface area contributed by atoms with Crippen LogP contribution in [-0.2, 0) is 13.0 Å². The van der Waals surface area contributed by atoms with Crippen LogP contribution in [0.2, 0.25) is 0 Å². The van der Waals surface area contributed by atoms with Crippen molar-refractivity contribution in [2.24, 2.45) is 0 Å². The highest BCUT2D eigenvalue weighted by Gasteiger charge is 2.36. The van der Waals surface area contributed by atoms with E-state index in [0.29, 0.717) is 18.0 Å². The maximum atomic E-state index is 14.3. The summed E-state index contributed by atoms with van der Waals surface area (Å²) < 4.78 is 15.3. The maximum Gasteiger partial charge on any atom is 0.323 e. The number of hydrogen-bond acceptors (Lipinski definition) is 4. The molecule has 41 heavy (non-hydrogen) atoms. The molecule has 1 atom stereocenters. The summed E-state index contributed by atoms with van der Waals surface area (Å²) in [5.74, 6) is 2.27. The Balaban J connectivity index is 1.56. The van der Waals surface area contributed by atoms with E-state index in [1.807, 2.05) is 89.4 Å². The number of carbonyl (C=O) groups is 1. The molecule has 0 fully saturated rings. The van der Waals surface area contributed by atoms with E-state index in [1.165, 1.54) is 0 Å². The molecule has 0 bridgehead atoms. The Kier molecular flexibility index (Phi) is 6.97. The summed E-state index contributed by atoms with van der Waals surface area (Å²) in [4.78, 5) is 16.2. The first kappa shape index (κ1) is 26.3. The summed E-state index contributed by atoms with van der Waals surface area (Å²) in [6.45, 7) is 4.45. The monoisotopic (exact) mass is 547 g/mol. The molecule has 1 aliphatic rings. The van der Waals surface area contributed by atoms with Gasteiger partial charge in [0.15, 0.2) is 0 Å². The van der Waals surface area contributed by atoms with Gasteiger partial charge < -0.3 is 24.3 Å². The second-order valence-electron chi connectivity index (χ2n) is 10.1. The zero-order valence-electron chi connectivity index (χ0n) is 23.7. The number of urea groups is 1. The van der Waals surface area contributed by atoms with E-state index in [0.717, 1.165) is 51.8 Å². The van der Waals surface area contributed by atoms with Crippen molar-refractivity contribution >= 4 is 11.7 Å². The number of fused-ring (bicyclic) bond motifs is 3. The zero-order chi connectivity index (χ0) is 28.5. The summed E-state index contributed by atoms with van der Waals surface area (Å²) in [5, 5.41) is 8.19. The third-order valence-electron chi connectivity index (χ3n) is 7.57. The number of aryl methyl sites for hydroxylation is 2. The molecule has 3 aromatic carbocycles. The van der Waals surface area contributed by atoms with E-state index in [1.54, 1.807) is 14.2 Å². The van der Waals surface area contributed by atoms with Crippen molar-refractivity contribution < 1.29 is 14.3 Å². The number of carbonyl (C=O) groups excluding carboxylic acids is 1. The molecule has 1 aliphatic heterocycles. The lowest BCUT2D eigenvalue weighted by atomic mass is 10.0. The minimum atomic E-state index is -0.405. The second-order valence-corrected chi connectivity index (χ2v) is 10.1. The Labute approximate surface area is 239 Å². The van der Waals surface area contributed by atoms with Crippen molar-refractivity contribution in [3.63, 3.8) is 0 Å². The number of benzene rings is 3. The summed E-state index contributed by atoms with van der Waals surface area (Å²) in [6, 6.07) is 27.2.